The highest BCUT2D eigenvalue weighted by atomic mass is 35.5. The van der Waals surface area contributed by atoms with Crippen molar-refractivity contribution in [3.05, 3.63) is 64.4 Å². The van der Waals surface area contributed by atoms with E-state index in [4.69, 9.17) is 21.4 Å². The smallest absolute Gasteiger partial charge is 0.377 e. The van der Waals surface area contributed by atoms with Gasteiger partial charge in [-0.05, 0) is 49.7 Å². The van der Waals surface area contributed by atoms with E-state index in [1.165, 1.54) is 30.3 Å². The zero-order valence-corrected chi connectivity index (χ0v) is 18.5. The second-order valence-electron chi connectivity index (χ2n) is 7.86. The van der Waals surface area contributed by atoms with Crippen molar-refractivity contribution in [2.24, 2.45) is 0 Å². The third-order valence-electron chi connectivity index (χ3n) is 5.47. The molecule has 1 aliphatic rings. The molecule has 32 heavy (non-hydrogen) atoms. The third-order valence-corrected chi connectivity index (χ3v) is 5.70. The fourth-order valence-electron chi connectivity index (χ4n) is 3.73. The van der Waals surface area contributed by atoms with Crippen molar-refractivity contribution in [2.75, 3.05) is 19.7 Å². The second kappa shape index (κ2) is 10.1. The van der Waals surface area contributed by atoms with Crippen LogP contribution in [0.1, 0.15) is 29.8 Å². The highest BCUT2D eigenvalue weighted by Crippen LogP contribution is 2.24. The Bertz CT molecular complexity index is 1010. The lowest BCUT2D eigenvalue weighted by molar-refractivity contribution is -0.139. The van der Waals surface area contributed by atoms with Crippen molar-refractivity contribution in [1.29, 1.82) is 0 Å². The Morgan fingerprint density at radius 3 is 2.44 bits per heavy atom. The molecule has 1 saturated heterocycles. The molecule has 2 atom stereocenters. The summed E-state index contributed by atoms with van der Waals surface area (Å²) in [6.07, 6.45) is 0. The summed E-state index contributed by atoms with van der Waals surface area (Å²) in [5.41, 5.74) is 0.787. The number of halogens is 2. The quantitative estimate of drug-likeness (QED) is 0.502. The Morgan fingerprint density at radius 2 is 1.78 bits per heavy atom. The normalized spacial score (nSPS) is 18.9. The van der Waals surface area contributed by atoms with Gasteiger partial charge in [-0.1, -0.05) is 23.7 Å². The molecular formula is C23H24ClFN2O5. The van der Waals surface area contributed by atoms with Gasteiger partial charge in [0.05, 0.1) is 5.56 Å². The van der Waals surface area contributed by atoms with Crippen LogP contribution in [0.3, 0.4) is 0 Å². The van der Waals surface area contributed by atoms with E-state index in [0.717, 1.165) is 5.56 Å². The topological polar surface area (TPSA) is 87.2 Å². The van der Waals surface area contributed by atoms with Crippen LogP contribution in [0.2, 0.25) is 5.02 Å². The number of piperazine rings is 1. The van der Waals surface area contributed by atoms with Crippen LogP contribution in [-0.4, -0.2) is 64.3 Å². The molecule has 2 aromatic carbocycles. The van der Waals surface area contributed by atoms with Crippen LogP contribution in [0.4, 0.5) is 4.39 Å². The number of rotatable bonds is 7. The van der Waals surface area contributed by atoms with Crippen molar-refractivity contribution in [3.63, 3.8) is 0 Å². The summed E-state index contributed by atoms with van der Waals surface area (Å²) in [5.74, 6) is -3.35. The highest BCUT2D eigenvalue weighted by Gasteiger charge is 2.32. The summed E-state index contributed by atoms with van der Waals surface area (Å²) in [4.78, 5) is 39.7. The molecule has 1 amide bonds. The average molecular weight is 463 g/mol. The van der Waals surface area contributed by atoms with Gasteiger partial charge in [-0.15, -0.1) is 0 Å². The minimum absolute atomic E-state index is 0.00852. The largest absolute Gasteiger partial charge is 0.483 e. The Labute approximate surface area is 190 Å². The van der Waals surface area contributed by atoms with Crippen molar-refractivity contribution < 1.29 is 28.6 Å². The lowest BCUT2D eigenvalue weighted by Crippen LogP contribution is -2.58. The number of hydrogen-bond acceptors (Lipinski definition) is 5. The van der Waals surface area contributed by atoms with E-state index in [1.807, 2.05) is 13.8 Å². The molecule has 0 aliphatic carbocycles. The van der Waals surface area contributed by atoms with Gasteiger partial charge in [0.15, 0.2) is 6.61 Å². The molecule has 0 bridgehead atoms. The molecular weight excluding hydrogens is 439 g/mol. The van der Waals surface area contributed by atoms with Crippen LogP contribution in [-0.2, 0) is 16.1 Å². The first-order valence-corrected chi connectivity index (χ1v) is 10.5. The Kier molecular flexibility index (Phi) is 7.48. The fourth-order valence-corrected chi connectivity index (χ4v) is 3.91. The lowest BCUT2D eigenvalue weighted by Gasteiger charge is -2.44. The fraction of sp³-hybridized carbons (Fsp3) is 0.348. The van der Waals surface area contributed by atoms with Gasteiger partial charge >= 0.3 is 5.97 Å². The zero-order valence-electron chi connectivity index (χ0n) is 17.8. The molecule has 3 rings (SSSR count). The van der Waals surface area contributed by atoms with Gasteiger partial charge in [0.25, 0.3) is 11.7 Å². The first kappa shape index (κ1) is 23.7. The number of carbonyl (C=O) groups excluding carboxylic acids is 2. The van der Waals surface area contributed by atoms with Crippen molar-refractivity contribution in [3.8, 4) is 5.75 Å². The van der Waals surface area contributed by atoms with Gasteiger partial charge in [0, 0.05) is 36.7 Å². The number of hydrogen-bond donors (Lipinski definition) is 1. The van der Waals surface area contributed by atoms with E-state index in [1.54, 1.807) is 17.0 Å². The Morgan fingerprint density at radius 1 is 1.09 bits per heavy atom. The molecule has 0 unspecified atom stereocenters. The molecule has 9 heteroatoms. The SMILES string of the molecule is C[C@@H]1CN(Cc2ccc(F)cc2)[C@@H](C)CN1C(=O)COc1ccc(Cl)cc1C(=O)C(=O)O. The van der Waals surface area contributed by atoms with E-state index in [0.29, 0.717) is 19.6 Å². The maximum Gasteiger partial charge on any atom is 0.377 e. The van der Waals surface area contributed by atoms with Gasteiger partial charge < -0.3 is 14.7 Å². The number of ether oxygens (including phenoxy) is 1. The van der Waals surface area contributed by atoms with Crippen molar-refractivity contribution in [1.82, 2.24) is 9.80 Å². The molecule has 0 aromatic heterocycles. The predicted molar refractivity (Wildman–Crippen MR) is 116 cm³/mol. The minimum Gasteiger partial charge on any atom is -0.483 e. The number of aliphatic carboxylic acids is 1. The lowest BCUT2D eigenvalue weighted by atomic mass is 10.1. The number of Topliss-reactive ketones (excluding diaryl/α,β-unsaturated/α-hetero) is 1. The van der Waals surface area contributed by atoms with Crippen molar-refractivity contribution >= 4 is 29.3 Å². The van der Waals surface area contributed by atoms with Gasteiger partial charge in [0.1, 0.15) is 11.6 Å². The molecule has 0 radical (unpaired) electrons. The molecule has 0 saturated carbocycles. The summed E-state index contributed by atoms with van der Waals surface area (Å²) in [6, 6.07) is 10.4. The maximum atomic E-state index is 13.1. The molecule has 2 aromatic rings. The number of carbonyl (C=O) groups is 3. The van der Waals surface area contributed by atoms with Gasteiger partial charge in [-0.25, -0.2) is 9.18 Å². The van der Waals surface area contributed by atoms with Crippen LogP contribution in [0.25, 0.3) is 0 Å². The number of ketones is 1. The molecule has 1 aliphatic heterocycles. The molecule has 1 N–H and O–H groups in total. The van der Waals surface area contributed by atoms with E-state index in [2.05, 4.69) is 4.90 Å². The number of carboxylic acid groups (broad SMARTS) is 1. The van der Waals surface area contributed by atoms with E-state index < -0.39 is 11.8 Å². The number of nitrogens with zero attached hydrogens (tertiary/aromatic N) is 2. The average Bonchev–Trinajstić information content (AvgIpc) is 2.75. The van der Waals surface area contributed by atoms with E-state index >= 15 is 0 Å². The standard InChI is InChI=1S/C23H24ClFN2O5/c1-14-11-27(15(2)10-26(14)12-16-3-6-18(25)7-4-16)21(28)13-32-20-8-5-17(24)9-19(20)22(29)23(30)31/h3-9,14-15H,10-13H2,1-2H3,(H,30,31)/t14-,15+/m0/s1. The number of benzene rings is 2. The van der Waals surface area contributed by atoms with Crippen LogP contribution >= 0.6 is 11.6 Å². The summed E-state index contributed by atoms with van der Waals surface area (Å²) < 4.78 is 18.7. The maximum absolute atomic E-state index is 13.1. The van der Waals surface area contributed by atoms with Crippen LogP contribution in [0.15, 0.2) is 42.5 Å². The van der Waals surface area contributed by atoms with Crippen LogP contribution in [0, 0.1) is 5.82 Å². The van der Waals surface area contributed by atoms with Gasteiger partial charge in [0.2, 0.25) is 0 Å². The van der Waals surface area contributed by atoms with E-state index in [9.17, 15) is 18.8 Å². The first-order valence-electron chi connectivity index (χ1n) is 10.1. The molecule has 1 fully saturated rings. The second-order valence-corrected chi connectivity index (χ2v) is 8.30. The molecule has 1 heterocycles. The zero-order chi connectivity index (χ0) is 23.4. The van der Waals surface area contributed by atoms with Crippen LogP contribution in [0.5, 0.6) is 5.75 Å². The minimum atomic E-state index is -1.64. The predicted octanol–water partition coefficient (Wildman–Crippen LogP) is 3.25. The molecule has 7 nitrogen and oxygen atoms in total. The van der Waals surface area contributed by atoms with Crippen LogP contribution < -0.4 is 4.74 Å². The van der Waals surface area contributed by atoms with Gasteiger partial charge in [-0.2, -0.15) is 0 Å². The highest BCUT2D eigenvalue weighted by molar-refractivity contribution is 6.41. The van der Waals surface area contributed by atoms with Gasteiger partial charge in [-0.3, -0.25) is 14.5 Å². The molecule has 0 spiro atoms. The monoisotopic (exact) mass is 462 g/mol. The molecule has 170 valence electrons. The first-order chi connectivity index (χ1) is 15.2. The Balaban J connectivity index is 1.62. The summed E-state index contributed by atoms with van der Waals surface area (Å²) >= 11 is 5.87. The number of amides is 1. The summed E-state index contributed by atoms with van der Waals surface area (Å²) in [6.45, 7) is 5.37. The third kappa shape index (κ3) is 5.63. The van der Waals surface area contributed by atoms with Crippen molar-refractivity contribution in [2.45, 2.75) is 32.5 Å². The summed E-state index contributed by atoms with van der Waals surface area (Å²) in [5, 5.41) is 9.18. The Hall–Kier alpha value is -2.97. The number of carboxylic acids is 1. The summed E-state index contributed by atoms with van der Waals surface area (Å²) in [7, 11) is 0. The van der Waals surface area contributed by atoms with E-state index in [-0.39, 0.29) is 46.8 Å².